The number of benzene rings is 2. The van der Waals surface area contributed by atoms with Crippen LogP contribution in [0, 0.1) is 11.8 Å². The van der Waals surface area contributed by atoms with Gasteiger partial charge in [0.15, 0.2) is 9.84 Å². The molecule has 0 aromatic heterocycles. The standard InChI is InChI=1S/C19H20BrNO3S/c20-11-16-13-21(12-15-7-3-1-4-8-15)19(22)18(16)14-25(23,24)17-9-5-2-6-10-17/h1-10,16,18H,11-14H2/t16-,18+/m1/s1. The van der Waals surface area contributed by atoms with Crippen molar-refractivity contribution >= 4 is 31.7 Å². The summed E-state index contributed by atoms with van der Waals surface area (Å²) in [4.78, 5) is 14.9. The minimum atomic E-state index is -3.48. The van der Waals surface area contributed by atoms with Crippen molar-refractivity contribution in [2.45, 2.75) is 11.4 Å². The first-order chi connectivity index (χ1) is 12.0. The van der Waals surface area contributed by atoms with Gasteiger partial charge in [0.1, 0.15) is 0 Å². The van der Waals surface area contributed by atoms with Crippen LogP contribution in [0.3, 0.4) is 0 Å². The zero-order valence-corrected chi connectivity index (χ0v) is 16.1. The van der Waals surface area contributed by atoms with Gasteiger partial charge in [0.2, 0.25) is 5.91 Å². The Labute approximate surface area is 156 Å². The molecule has 4 nitrogen and oxygen atoms in total. The van der Waals surface area contributed by atoms with E-state index in [4.69, 9.17) is 0 Å². The minimum absolute atomic E-state index is 0.00491. The smallest absolute Gasteiger partial charge is 0.227 e. The van der Waals surface area contributed by atoms with Gasteiger partial charge in [-0.1, -0.05) is 64.5 Å². The van der Waals surface area contributed by atoms with Crippen LogP contribution in [0.5, 0.6) is 0 Å². The Balaban J connectivity index is 1.77. The number of carbonyl (C=O) groups excluding carboxylic acids is 1. The summed E-state index contributed by atoms with van der Waals surface area (Å²) in [6.07, 6.45) is 0. The fourth-order valence-corrected chi connectivity index (χ4v) is 5.51. The second-order valence-corrected chi connectivity index (χ2v) is 9.00. The van der Waals surface area contributed by atoms with E-state index in [2.05, 4.69) is 15.9 Å². The Kier molecular flexibility index (Phi) is 5.59. The summed E-state index contributed by atoms with van der Waals surface area (Å²) in [5.41, 5.74) is 1.05. The van der Waals surface area contributed by atoms with Crippen LogP contribution in [0.2, 0.25) is 0 Å². The van der Waals surface area contributed by atoms with Crippen molar-refractivity contribution in [1.29, 1.82) is 0 Å². The molecule has 1 amide bonds. The summed E-state index contributed by atoms with van der Waals surface area (Å²) < 4.78 is 25.3. The Bertz CT molecular complexity index is 824. The van der Waals surface area contributed by atoms with Crippen LogP contribution in [-0.4, -0.2) is 36.9 Å². The van der Waals surface area contributed by atoms with Gasteiger partial charge in [-0.25, -0.2) is 8.42 Å². The first kappa shape index (κ1) is 18.1. The number of nitrogens with zero attached hydrogens (tertiary/aromatic N) is 1. The second kappa shape index (κ2) is 7.70. The number of carbonyl (C=O) groups is 1. The normalized spacial score (nSPS) is 20.8. The van der Waals surface area contributed by atoms with Crippen LogP contribution in [-0.2, 0) is 21.2 Å². The molecule has 2 aromatic carbocycles. The van der Waals surface area contributed by atoms with Crippen molar-refractivity contribution in [2.24, 2.45) is 11.8 Å². The molecule has 0 bridgehead atoms. The van der Waals surface area contributed by atoms with E-state index in [1.165, 1.54) is 0 Å². The molecule has 0 N–H and O–H groups in total. The van der Waals surface area contributed by atoms with Crippen molar-refractivity contribution in [2.75, 3.05) is 17.6 Å². The molecular formula is C19H20BrNO3S. The third-order valence-electron chi connectivity index (χ3n) is 4.57. The van der Waals surface area contributed by atoms with Crippen LogP contribution in [0.15, 0.2) is 65.6 Å². The fourth-order valence-electron chi connectivity index (χ4n) is 3.21. The third kappa shape index (κ3) is 4.12. The minimum Gasteiger partial charge on any atom is -0.338 e. The first-order valence-electron chi connectivity index (χ1n) is 8.18. The molecule has 25 heavy (non-hydrogen) atoms. The van der Waals surface area contributed by atoms with Crippen molar-refractivity contribution in [1.82, 2.24) is 4.90 Å². The van der Waals surface area contributed by atoms with Gasteiger partial charge in [0, 0.05) is 18.4 Å². The van der Waals surface area contributed by atoms with E-state index in [0.717, 1.165) is 5.56 Å². The number of halogens is 1. The lowest BCUT2D eigenvalue weighted by molar-refractivity contribution is -0.131. The Morgan fingerprint density at radius 2 is 1.60 bits per heavy atom. The molecule has 0 aliphatic carbocycles. The SMILES string of the molecule is O=C1[C@@H](CS(=O)(=O)c2ccccc2)[C@H](CBr)CN1Cc1ccccc1. The fraction of sp³-hybridized carbons (Fsp3) is 0.316. The number of sulfone groups is 1. The van der Waals surface area contributed by atoms with Crippen molar-refractivity contribution < 1.29 is 13.2 Å². The van der Waals surface area contributed by atoms with Gasteiger partial charge < -0.3 is 4.90 Å². The van der Waals surface area contributed by atoms with Crippen molar-refractivity contribution in [3.05, 3.63) is 66.2 Å². The highest BCUT2D eigenvalue weighted by molar-refractivity contribution is 9.09. The number of rotatable bonds is 6. The van der Waals surface area contributed by atoms with E-state index >= 15 is 0 Å². The van der Waals surface area contributed by atoms with E-state index in [1.54, 1.807) is 35.2 Å². The highest BCUT2D eigenvalue weighted by atomic mass is 79.9. The molecule has 1 saturated heterocycles. The zero-order chi connectivity index (χ0) is 17.9. The number of amides is 1. The molecule has 0 saturated carbocycles. The summed E-state index contributed by atoms with van der Waals surface area (Å²) in [6, 6.07) is 18.1. The van der Waals surface area contributed by atoms with Gasteiger partial charge >= 0.3 is 0 Å². The highest BCUT2D eigenvalue weighted by Gasteiger charge is 2.42. The molecule has 132 valence electrons. The maximum Gasteiger partial charge on any atom is 0.227 e. The average Bonchev–Trinajstić information content (AvgIpc) is 2.92. The molecule has 2 atom stereocenters. The zero-order valence-electron chi connectivity index (χ0n) is 13.7. The van der Waals surface area contributed by atoms with E-state index < -0.39 is 15.8 Å². The molecule has 0 radical (unpaired) electrons. The lowest BCUT2D eigenvalue weighted by Gasteiger charge is -2.16. The summed E-state index contributed by atoms with van der Waals surface area (Å²) >= 11 is 3.45. The molecule has 1 fully saturated rings. The molecule has 1 aliphatic rings. The number of alkyl halides is 1. The summed E-state index contributed by atoms with van der Waals surface area (Å²) in [7, 11) is -3.48. The van der Waals surface area contributed by atoms with Gasteiger partial charge in [0.05, 0.1) is 16.6 Å². The topological polar surface area (TPSA) is 54.5 Å². The van der Waals surface area contributed by atoms with Crippen LogP contribution in [0.4, 0.5) is 0 Å². The lowest BCUT2D eigenvalue weighted by Crippen LogP contribution is -2.30. The van der Waals surface area contributed by atoms with E-state index in [0.29, 0.717) is 18.4 Å². The molecule has 3 rings (SSSR count). The van der Waals surface area contributed by atoms with Crippen LogP contribution < -0.4 is 0 Å². The van der Waals surface area contributed by atoms with E-state index in [-0.39, 0.29) is 22.5 Å². The van der Waals surface area contributed by atoms with Crippen molar-refractivity contribution in [3.63, 3.8) is 0 Å². The summed E-state index contributed by atoms with van der Waals surface area (Å²) in [5, 5.41) is 0.610. The van der Waals surface area contributed by atoms with Gasteiger partial charge in [0.25, 0.3) is 0 Å². The van der Waals surface area contributed by atoms with Gasteiger partial charge in [-0.2, -0.15) is 0 Å². The molecule has 6 heteroatoms. The number of hydrogen-bond donors (Lipinski definition) is 0. The van der Waals surface area contributed by atoms with Crippen LogP contribution in [0.1, 0.15) is 5.56 Å². The molecule has 0 unspecified atom stereocenters. The molecular weight excluding hydrogens is 402 g/mol. The highest BCUT2D eigenvalue weighted by Crippen LogP contribution is 2.30. The predicted octanol–water partition coefficient (Wildman–Crippen LogP) is 3.13. The van der Waals surface area contributed by atoms with E-state index in [1.807, 2.05) is 30.3 Å². The Hall–Kier alpha value is -1.66. The largest absolute Gasteiger partial charge is 0.338 e. The Morgan fingerprint density at radius 3 is 2.20 bits per heavy atom. The lowest BCUT2D eigenvalue weighted by atomic mass is 10.00. The molecule has 0 spiro atoms. The predicted molar refractivity (Wildman–Crippen MR) is 101 cm³/mol. The van der Waals surface area contributed by atoms with Crippen molar-refractivity contribution in [3.8, 4) is 0 Å². The average molecular weight is 422 g/mol. The first-order valence-corrected chi connectivity index (χ1v) is 10.9. The second-order valence-electron chi connectivity index (χ2n) is 6.32. The quantitative estimate of drug-likeness (QED) is 0.673. The van der Waals surface area contributed by atoms with Crippen LogP contribution in [0.25, 0.3) is 0 Å². The van der Waals surface area contributed by atoms with E-state index in [9.17, 15) is 13.2 Å². The van der Waals surface area contributed by atoms with Gasteiger partial charge in [-0.15, -0.1) is 0 Å². The third-order valence-corrected chi connectivity index (χ3v) is 7.19. The van der Waals surface area contributed by atoms with Gasteiger partial charge in [-0.05, 0) is 23.6 Å². The number of hydrogen-bond acceptors (Lipinski definition) is 3. The van der Waals surface area contributed by atoms with Gasteiger partial charge in [-0.3, -0.25) is 4.79 Å². The molecule has 2 aromatic rings. The summed E-state index contributed by atoms with van der Waals surface area (Å²) in [6.45, 7) is 1.10. The molecule has 1 aliphatic heterocycles. The van der Waals surface area contributed by atoms with Crippen LogP contribution >= 0.6 is 15.9 Å². The monoisotopic (exact) mass is 421 g/mol. The Morgan fingerprint density at radius 1 is 1.00 bits per heavy atom. The number of likely N-dealkylation sites (tertiary alicyclic amines) is 1. The molecule has 1 heterocycles. The maximum absolute atomic E-state index is 12.8. The summed E-state index contributed by atoms with van der Waals surface area (Å²) in [5.74, 6) is -0.729. The maximum atomic E-state index is 12.8.